The Hall–Kier alpha value is -2.41. The Labute approximate surface area is 160 Å². The van der Waals surface area contributed by atoms with Crippen molar-refractivity contribution in [3.63, 3.8) is 0 Å². The van der Waals surface area contributed by atoms with Crippen molar-refractivity contribution in [3.8, 4) is 0 Å². The number of nitrogens with zero attached hydrogens (tertiary/aromatic N) is 1. The lowest BCUT2D eigenvalue weighted by Gasteiger charge is -2.30. The van der Waals surface area contributed by atoms with Gasteiger partial charge in [0.1, 0.15) is 11.9 Å². The van der Waals surface area contributed by atoms with Gasteiger partial charge in [-0.25, -0.2) is 12.8 Å². The van der Waals surface area contributed by atoms with E-state index in [-0.39, 0.29) is 12.4 Å². The Balaban J connectivity index is 2.27. The van der Waals surface area contributed by atoms with Gasteiger partial charge >= 0.3 is 0 Å². The molecule has 0 spiro atoms. The van der Waals surface area contributed by atoms with Gasteiger partial charge in [-0.1, -0.05) is 25.1 Å². The van der Waals surface area contributed by atoms with Crippen LogP contribution in [-0.2, 0) is 21.4 Å². The van der Waals surface area contributed by atoms with E-state index in [4.69, 9.17) is 0 Å². The summed E-state index contributed by atoms with van der Waals surface area (Å²) in [6.07, 6.45) is 1.41. The van der Waals surface area contributed by atoms with E-state index in [2.05, 4.69) is 5.32 Å². The third-order valence-corrected chi connectivity index (χ3v) is 5.63. The van der Waals surface area contributed by atoms with E-state index in [1.54, 1.807) is 31.2 Å². The average molecular weight is 392 g/mol. The largest absolute Gasteiger partial charge is 0.350 e. The van der Waals surface area contributed by atoms with Crippen LogP contribution in [0.3, 0.4) is 0 Å². The number of carbonyl (C=O) groups is 1. The average Bonchev–Trinajstić information content (AvgIpc) is 2.60. The van der Waals surface area contributed by atoms with Crippen molar-refractivity contribution in [3.05, 3.63) is 65.0 Å². The van der Waals surface area contributed by atoms with Gasteiger partial charge in [0.05, 0.1) is 11.9 Å². The summed E-state index contributed by atoms with van der Waals surface area (Å²) in [4.78, 5) is 12.7. The van der Waals surface area contributed by atoms with E-state index in [0.717, 1.165) is 22.9 Å². The molecule has 0 bridgehead atoms. The Bertz CT molecular complexity index is 911. The van der Waals surface area contributed by atoms with Crippen LogP contribution < -0.4 is 9.62 Å². The molecule has 7 heteroatoms. The van der Waals surface area contributed by atoms with E-state index >= 15 is 0 Å². The van der Waals surface area contributed by atoms with Crippen molar-refractivity contribution < 1.29 is 17.6 Å². The third kappa shape index (κ3) is 5.29. The van der Waals surface area contributed by atoms with Crippen LogP contribution in [-0.4, -0.2) is 26.6 Å². The minimum absolute atomic E-state index is 0.195. The van der Waals surface area contributed by atoms with Crippen molar-refractivity contribution >= 4 is 21.6 Å². The van der Waals surface area contributed by atoms with Gasteiger partial charge in [-0.2, -0.15) is 0 Å². The quantitative estimate of drug-likeness (QED) is 0.786. The number of sulfonamides is 1. The molecule has 0 radical (unpaired) electrons. The summed E-state index contributed by atoms with van der Waals surface area (Å²) in [7, 11) is -3.67. The maximum absolute atomic E-state index is 13.0. The summed E-state index contributed by atoms with van der Waals surface area (Å²) in [6, 6.07) is 10.2. The fourth-order valence-corrected chi connectivity index (χ4v) is 4.04. The standard InChI is InChI=1S/C20H25FN2O3S/c1-5-19(20(24)22-13-16-7-9-17(21)10-8-16)23(27(4,25)26)18-11-6-14(2)15(3)12-18/h6-12,19H,5,13H2,1-4H3,(H,22,24). The molecule has 0 aromatic heterocycles. The van der Waals surface area contributed by atoms with Crippen LogP contribution in [0.1, 0.15) is 30.0 Å². The minimum Gasteiger partial charge on any atom is -0.350 e. The predicted molar refractivity (Wildman–Crippen MR) is 106 cm³/mol. The number of aryl methyl sites for hydroxylation is 2. The Morgan fingerprint density at radius 1 is 1.11 bits per heavy atom. The zero-order valence-corrected chi connectivity index (χ0v) is 16.8. The molecule has 1 N–H and O–H groups in total. The fourth-order valence-electron chi connectivity index (χ4n) is 2.83. The summed E-state index contributed by atoms with van der Waals surface area (Å²) in [6.45, 7) is 5.80. The van der Waals surface area contributed by atoms with Crippen LogP contribution >= 0.6 is 0 Å². The summed E-state index contributed by atoms with van der Waals surface area (Å²) in [5, 5.41) is 2.75. The number of halogens is 1. The first-order valence-electron chi connectivity index (χ1n) is 8.72. The van der Waals surface area contributed by atoms with Crippen LogP contribution in [0.5, 0.6) is 0 Å². The lowest BCUT2D eigenvalue weighted by atomic mass is 10.1. The SMILES string of the molecule is CCC(C(=O)NCc1ccc(F)cc1)N(c1ccc(C)c(C)c1)S(C)(=O)=O. The molecule has 0 aliphatic heterocycles. The predicted octanol–water partition coefficient (Wildman–Crippen LogP) is 3.30. The van der Waals surface area contributed by atoms with E-state index in [1.807, 2.05) is 19.9 Å². The third-order valence-electron chi connectivity index (χ3n) is 4.45. The van der Waals surface area contributed by atoms with Crippen LogP contribution in [0.4, 0.5) is 10.1 Å². The molecule has 2 aromatic rings. The summed E-state index contributed by atoms with van der Waals surface area (Å²) >= 11 is 0. The van der Waals surface area contributed by atoms with Gasteiger partial charge < -0.3 is 5.32 Å². The molecule has 0 fully saturated rings. The molecule has 1 atom stereocenters. The minimum atomic E-state index is -3.67. The van der Waals surface area contributed by atoms with Gasteiger partial charge in [-0.05, 0) is 61.2 Å². The van der Waals surface area contributed by atoms with Crippen molar-refractivity contribution in [2.75, 3.05) is 10.6 Å². The first-order valence-corrected chi connectivity index (χ1v) is 10.6. The van der Waals surface area contributed by atoms with Crippen molar-refractivity contribution in [2.45, 2.75) is 39.8 Å². The Morgan fingerprint density at radius 2 is 1.74 bits per heavy atom. The van der Waals surface area contributed by atoms with Crippen molar-refractivity contribution in [1.29, 1.82) is 0 Å². The number of benzene rings is 2. The van der Waals surface area contributed by atoms with Crippen molar-refractivity contribution in [1.82, 2.24) is 5.32 Å². The molecule has 1 amide bonds. The highest BCUT2D eigenvalue weighted by Gasteiger charge is 2.31. The summed E-state index contributed by atoms with van der Waals surface area (Å²) in [5.41, 5.74) is 3.19. The number of rotatable bonds is 7. The molecule has 146 valence electrons. The van der Waals surface area contributed by atoms with Crippen molar-refractivity contribution in [2.24, 2.45) is 0 Å². The molecule has 27 heavy (non-hydrogen) atoms. The molecule has 0 aliphatic carbocycles. The monoisotopic (exact) mass is 392 g/mol. The highest BCUT2D eigenvalue weighted by molar-refractivity contribution is 7.92. The highest BCUT2D eigenvalue weighted by atomic mass is 32.2. The summed E-state index contributed by atoms with van der Waals surface area (Å²) < 4.78 is 39.1. The lowest BCUT2D eigenvalue weighted by Crippen LogP contribution is -2.49. The molecule has 5 nitrogen and oxygen atoms in total. The second-order valence-electron chi connectivity index (χ2n) is 6.60. The van der Waals surface area contributed by atoms with Gasteiger partial charge in [0.2, 0.25) is 15.9 Å². The zero-order valence-electron chi connectivity index (χ0n) is 16.0. The molecule has 0 aliphatic rings. The van der Waals surface area contributed by atoms with Crippen LogP contribution in [0.15, 0.2) is 42.5 Å². The van der Waals surface area contributed by atoms with Crippen LogP contribution in [0.25, 0.3) is 0 Å². The van der Waals surface area contributed by atoms with Gasteiger partial charge in [0.15, 0.2) is 0 Å². The summed E-state index contributed by atoms with van der Waals surface area (Å²) in [5.74, 6) is -0.750. The number of anilines is 1. The number of amides is 1. The number of hydrogen-bond acceptors (Lipinski definition) is 3. The normalized spacial score (nSPS) is 12.5. The molecular weight excluding hydrogens is 367 g/mol. The molecule has 1 unspecified atom stereocenters. The Kier molecular flexibility index (Phi) is 6.59. The van der Waals surface area contributed by atoms with Crippen LogP contribution in [0, 0.1) is 19.7 Å². The number of carbonyl (C=O) groups excluding carboxylic acids is 1. The number of nitrogens with one attached hydrogen (secondary N) is 1. The molecule has 0 saturated carbocycles. The van der Waals surface area contributed by atoms with E-state index in [0.29, 0.717) is 12.1 Å². The van der Waals surface area contributed by atoms with Gasteiger partial charge in [-0.3, -0.25) is 9.10 Å². The second kappa shape index (κ2) is 8.52. The van der Waals surface area contributed by atoms with E-state index in [1.165, 1.54) is 16.4 Å². The first kappa shape index (κ1) is 20.9. The van der Waals surface area contributed by atoms with Gasteiger partial charge in [0, 0.05) is 6.54 Å². The van der Waals surface area contributed by atoms with E-state index in [9.17, 15) is 17.6 Å². The molecule has 2 aromatic carbocycles. The van der Waals surface area contributed by atoms with Gasteiger partial charge in [0.25, 0.3) is 0 Å². The zero-order chi connectivity index (χ0) is 20.2. The first-order chi connectivity index (χ1) is 12.6. The molecule has 0 saturated heterocycles. The maximum atomic E-state index is 13.0. The molecule has 0 heterocycles. The smallest absolute Gasteiger partial charge is 0.244 e. The van der Waals surface area contributed by atoms with Crippen LogP contribution in [0.2, 0.25) is 0 Å². The van der Waals surface area contributed by atoms with E-state index < -0.39 is 22.0 Å². The second-order valence-corrected chi connectivity index (χ2v) is 8.46. The number of hydrogen-bond donors (Lipinski definition) is 1. The maximum Gasteiger partial charge on any atom is 0.244 e. The van der Waals surface area contributed by atoms with Gasteiger partial charge in [-0.15, -0.1) is 0 Å². The molecular formula is C20H25FN2O3S. The molecule has 2 rings (SSSR count). The Morgan fingerprint density at radius 3 is 2.26 bits per heavy atom. The highest BCUT2D eigenvalue weighted by Crippen LogP contribution is 2.25. The topological polar surface area (TPSA) is 66.5 Å². The lowest BCUT2D eigenvalue weighted by molar-refractivity contribution is -0.122. The fraction of sp³-hybridized carbons (Fsp3) is 0.350.